The molecule has 6 nitrogen and oxygen atoms in total. The van der Waals surface area contributed by atoms with Crippen LogP contribution >= 0.6 is 23.4 Å². The molecule has 1 N–H and O–H groups in total. The molecule has 1 aromatic carbocycles. The molecule has 0 aliphatic rings. The van der Waals surface area contributed by atoms with Crippen molar-refractivity contribution in [2.45, 2.75) is 24.7 Å². The van der Waals surface area contributed by atoms with Crippen molar-refractivity contribution >= 4 is 29.3 Å². The van der Waals surface area contributed by atoms with Crippen molar-refractivity contribution in [1.82, 2.24) is 20.1 Å². The van der Waals surface area contributed by atoms with E-state index < -0.39 is 0 Å². The predicted molar refractivity (Wildman–Crippen MR) is 101 cm³/mol. The standard InChI is InChI=1S/C17H21ClN4O2S/c1-4-9-22-16(13-5-7-14(18)8-6-13)20-21-17(22)25-11-15(23)19-12(2)10-24-3/h4-8,12H,1,9-11H2,2-3H3,(H,19,23). The van der Waals surface area contributed by atoms with E-state index >= 15 is 0 Å². The third-order valence-electron chi connectivity index (χ3n) is 3.29. The van der Waals surface area contributed by atoms with Crippen molar-refractivity contribution in [2.75, 3.05) is 19.5 Å². The SMILES string of the molecule is C=CCn1c(SCC(=O)NC(C)COC)nnc1-c1ccc(Cl)cc1. The summed E-state index contributed by atoms with van der Waals surface area (Å²) in [6, 6.07) is 7.36. The molecule has 1 aromatic heterocycles. The average molecular weight is 381 g/mol. The van der Waals surface area contributed by atoms with E-state index in [0.29, 0.717) is 29.2 Å². The van der Waals surface area contributed by atoms with Gasteiger partial charge in [-0.05, 0) is 31.2 Å². The van der Waals surface area contributed by atoms with Crippen molar-refractivity contribution < 1.29 is 9.53 Å². The Hall–Kier alpha value is -1.83. The summed E-state index contributed by atoms with van der Waals surface area (Å²) in [6.07, 6.45) is 1.77. The molecule has 0 bridgehead atoms. The second kappa shape index (κ2) is 9.60. The molecule has 0 saturated heterocycles. The number of carbonyl (C=O) groups is 1. The van der Waals surface area contributed by atoms with Crippen LogP contribution in [0.1, 0.15) is 6.92 Å². The van der Waals surface area contributed by atoms with Gasteiger partial charge in [0.1, 0.15) is 0 Å². The molecule has 0 saturated carbocycles. The molecular weight excluding hydrogens is 360 g/mol. The summed E-state index contributed by atoms with van der Waals surface area (Å²) in [4.78, 5) is 12.0. The number of amides is 1. The number of hydrogen-bond donors (Lipinski definition) is 1. The van der Waals surface area contributed by atoms with Gasteiger partial charge in [0.25, 0.3) is 0 Å². The van der Waals surface area contributed by atoms with Gasteiger partial charge in [-0.25, -0.2) is 0 Å². The van der Waals surface area contributed by atoms with Crippen molar-refractivity contribution in [3.05, 3.63) is 41.9 Å². The second-order valence-corrected chi connectivity index (χ2v) is 6.80. The predicted octanol–water partition coefficient (Wildman–Crippen LogP) is 3.03. The monoisotopic (exact) mass is 380 g/mol. The summed E-state index contributed by atoms with van der Waals surface area (Å²) in [5, 5.41) is 12.7. The van der Waals surface area contributed by atoms with Gasteiger partial charge in [0.05, 0.1) is 12.4 Å². The summed E-state index contributed by atoms with van der Waals surface area (Å²) < 4.78 is 6.93. The van der Waals surface area contributed by atoms with Crippen LogP contribution in [0.3, 0.4) is 0 Å². The largest absolute Gasteiger partial charge is 0.383 e. The van der Waals surface area contributed by atoms with Crippen LogP contribution in [0.2, 0.25) is 5.02 Å². The average Bonchev–Trinajstić information content (AvgIpc) is 2.97. The molecule has 1 heterocycles. The summed E-state index contributed by atoms with van der Waals surface area (Å²) in [5.41, 5.74) is 0.906. The number of carbonyl (C=O) groups excluding carboxylic acids is 1. The van der Waals surface area contributed by atoms with Crippen molar-refractivity contribution in [1.29, 1.82) is 0 Å². The van der Waals surface area contributed by atoms with Crippen LogP contribution in [0.15, 0.2) is 42.1 Å². The number of nitrogens with zero attached hydrogens (tertiary/aromatic N) is 3. The van der Waals surface area contributed by atoms with Gasteiger partial charge >= 0.3 is 0 Å². The molecule has 134 valence electrons. The third kappa shape index (κ3) is 5.59. The minimum absolute atomic E-state index is 0.0335. The van der Waals surface area contributed by atoms with Gasteiger partial charge < -0.3 is 10.1 Å². The number of halogens is 1. The number of ether oxygens (including phenoxy) is 1. The highest BCUT2D eigenvalue weighted by atomic mass is 35.5. The van der Waals surface area contributed by atoms with Gasteiger partial charge in [-0.2, -0.15) is 0 Å². The summed E-state index contributed by atoms with van der Waals surface area (Å²) in [6.45, 7) is 6.70. The Kier molecular flexibility index (Phi) is 7.49. The van der Waals surface area contributed by atoms with Crippen LogP contribution in [-0.4, -0.2) is 46.2 Å². The second-order valence-electron chi connectivity index (χ2n) is 5.42. The molecule has 2 rings (SSSR count). The van der Waals surface area contributed by atoms with Crippen LogP contribution in [-0.2, 0) is 16.1 Å². The smallest absolute Gasteiger partial charge is 0.230 e. The van der Waals surface area contributed by atoms with E-state index in [4.69, 9.17) is 16.3 Å². The van der Waals surface area contributed by atoms with E-state index in [1.807, 2.05) is 23.6 Å². The number of rotatable bonds is 9. The quantitative estimate of drug-likeness (QED) is 0.535. The van der Waals surface area contributed by atoms with Crippen LogP contribution in [0, 0.1) is 0 Å². The summed E-state index contributed by atoms with van der Waals surface area (Å²) >= 11 is 7.27. The number of aromatic nitrogens is 3. The van der Waals surface area contributed by atoms with Gasteiger partial charge in [-0.1, -0.05) is 29.4 Å². The maximum absolute atomic E-state index is 12.0. The molecule has 8 heteroatoms. The number of nitrogens with one attached hydrogen (secondary N) is 1. The zero-order valence-corrected chi connectivity index (χ0v) is 15.8. The van der Waals surface area contributed by atoms with E-state index in [-0.39, 0.29) is 17.7 Å². The molecule has 1 unspecified atom stereocenters. The minimum atomic E-state index is -0.0734. The molecule has 1 amide bonds. The first-order valence-electron chi connectivity index (χ1n) is 7.76. The molecule has 0 aliphatic heterocycles. The Labute approximate surface area is 156 Å². The van der Waals surface area contributed by atoms with Crippen molar-refractivity contribution in [3.8, 4) is 11.4 Å². The molecule has 25 heavy (non-hydrogen) atoms. The Balaban J connectivity index is 2.09. The molecule has 0 radical (unpaired) electrons. The first-order valence-corrected chi connectivity index (χ1v) is 9.12. The Morgan fingerprint density at radius 3 is 2.80 bits per heavy atom. The van der Waals surface area contributed by atoms with E-state index in [1.165, 1.54) is 11.8 Å². The van der Waals surface area contributed by atoms with Gasteiger partial charge in [-0.3, -0.25) is 9.36 Å². The lowest BCUT2D eigenvalue weighted by atomic mass is 10.2. The van der Waals surface area contributed by atoms with Gasteiger partial charge in [-0.15, -0.1) is 16.8 Å². The lowest BCUT2D eigenvalue weighted by Gasteiger charge is -2.12. The maximum atomic E-state index is 12.0. The third-order valence-corrected chi connectivity index (χ3v) is 4.51. The van der Waals surface area contributed by atoms with Gasteiger partial charge in [0.15, 0.2) is 11.0 Å². The molecule has 0 fully saturated rings. The Bertz CT molecular complexity index is 718. The van der Waals surface area contributed by atoms with Crippen LogP contribution < -0.4 is 5.32 Å². The number of allylic oxidation sites excluding steroid dienone is 1. The first-order chi connectivity index (χ1) is 12.0. The highest BCUT2D eigenvalue weighted by Gasteiger charge is 2.15. The van der Waals surface area contributed by atoms with Gasteiger partial charge in [0.2, 0.25) is 5.91 Å². The van der Waals surface area contributed by atoms with Crippen LogP contribution in [0.5, 0.6) is 0 Å². The molecule has 1 atom stereocenters. The molecule has 0 aliphatic carbocycles. The van der Waals surface area contributed by atoms with Crippen LogP contribution in [0.4, 0.5) is 0 Å². The Morgan fingerprint density at radius 2 is 2.16 bits per heavy atom. The first kappa shape index (κ1) is 19.5. The fourth-order valence-corrected chi connectivity index (χ4v) is 3.12. The fraction of sp³-hybridized carbons (Fsp3) is 0.353. The van der Waals surface area contributed by atoms with Crippen molar-refractivity contribution in [3.63, 3.8) is 0 Å². The summed E-state index contributed by atoms with van der Waals surface area (Å²) in [7, 11) is 1.60. The summed E-state index contributed by atoms with van der Waals surface area (Å²) in [5.74, 6) is 0.896. The lowest BCUT2D eigenvalue weighted by Crippen LogP contribution is -2.36. The number of hydrogen-bond acceptors (Lipinski definition) is 5. The fourth-order valence-electron chi connectivity index (χ4n) is 2.24. The highest BCUT2D eigenvalue weighted by Crippen LogP contribution is 2.25. The number of thioether (sulfide) groups is 1. The number of benzene rings is 1. The van der Waals surface area contributed by atoms with Crippen molar-refractivity contribution in [2.24, 2.45) is 0 Å². The normalized spacial score (nSPS) is 12.0. The van der Waals surface area contributed by atoms with E-state index in [2.05, 4.69) is 22.1 Å². The molecule has 0 spiro atoms. The van der Waals surface area contributed by atoms with E-state index in [9.17, 15) is 4.79 Å². The van der Waals surface area contributed by atoms with E-state index in [0.717, 1.165) is 5.56 Å². The lowest BCUT2D eigenvalue weighted by molar-refractivity contribution is -0.119. The minimum Gasteiger partial charge on any atom is -0.383 e. The topological polar surface area (TPSA) is 69.0 Å². The Morgan fingerprint density at radius 1 is 1.44 bits per heavy atom. The zero-order valence-electron chi connectivity index (χ0n) is 14.2. The van der Waals surface area contributed by atoms with Crippen LogP contribution in [0.25, 0.3) is 11.4 Å². The number of methoxy groups -OCH3 is 1. The maximum Gasteiger partial charge on any atom is 0.230 e. The zero-order chi connectivity index (χ0) is 18.2. The van der Waals surface area contributed by atoms with Gasteiger partial charge in [0, 0.05) is 30.3 Å². The van der Waals surface area contributed by atoms with E-state index in [1.54, 1.807) is 25.3 Å². The molecular formula is C17H21ClN4O2S. The highest BCUT2D eigenvalue weighted by molar-refractivity contribution is 7.99. The molecule has 2 aromatic rings.